The van der Waals surface area contributed by atoms with E-state index in [1.54, 1.807) is 24.3 Å². The molecule has 0 saturated carbocycles. The number of hydrogen-bond acceptors (Lipinski definition) is 2. The highest BCUT2D eigenvalue weighted by Crippen LogP contribution is 2.31. The Hall–Kier alpha value is -0.960. The lowest BCUT2D eigenvalue weighted by Gasteiger charge is -2.08. The van der Waals surface area contributed by atoms with E-state index in [9.17, 15) is 0 Å². The van der Waals surface area contributed by atoms with Gasteiger partial charge in [0.05, 0.1) is 5.02 Å². The van der Waals surface area contributed by atoms with Crippen LogP contribution in [0.15, 0.2) is 30.3 Å². The molecule has 94 valence electrons. The summed E-state index contributed by atoms with van der Waals surface area (Å²) in [5.74, 6) is 1.43. The highest BCUT2D eigenvalue weighted by Gasteiger charge is 2.06. The molecule has 0 aliphatic carbocycles. The second-order valence-corrected chi connectivity index (χ2v) is 4.82. The zero-order valence-electron chi connectivity index (χ0n) is 9.58. The summed E-state index contributed by atoms with van der Waals surface area (Å²) in [4.78, 5) is 4.30. The van der Waals surface area contributed by atoms with E-state index in [4.69, 9.17) is 39.5 Å². The minimum atomic E-state index is 0.431. The summed E-state index contributed by atoms with van der Waals surface area (Å²) < 4.78 is 5.60. The lowest BCUT2D eigenvalue weighted by atomic mass is 10.2. The fraction of sp³-hybridized carbons (Fsp3) is 0.154. The molecule has 0 saturated heterocycles. The molecule has 1 heterocycles. The number of pyridine rings is 1. The first-order chi connectivity index (χ1) is 8.60. The molecule has 0 amide bonds. The van der Waals surface area contributed by atoms with E-state index in [-0.39, 0.29) is 0 Å². The molecular weight excluding hydrogens is 293 g/mol. The number of rotatable bonds is 3. The molecule has 2 aromatic rings. The number of hydrogen-bond donors (Lipinski definition) is 0. The summed E-state index contributed by atoms with van der Waals surface area (Å²) in [6.45, 7) is 1.88. The van der Waals surface area contributed by atoms with Gasteiger partial charge in [-0.15, -0.1) is 11.6 Å². The topological polar surface area (TPSA) is 22.1 Å². The van der Waals surface area contributed by atoms with Gasteiger partial charge in [-0.3, -0.25) is 0 Å². The summed E-state index contributed by atoms with van der Waals surface area (Å²) >= 11 is 17.6. The van der Waals surface area contributed by atoms with E-state index in [0.717, 1.165) is 11.3 Å². The Bertz CT molecular complexity index is 572. The van der Waals surface area contributed by atoms with E-state index < -0.39 is 0 Å². The molecule has 5 heteroatoms. The SMILES string of the molecule is Cc1nc(Oc2ccc(Cl)cc2Cl)ccc1CCl. The average Bonchev–Trinajstić information content (AvgIpc) is 2.33. The van der Waals surface area contributed by atoms with Crippen molar-refractivity contribution in [1.29, 1.82) is 0 Å². The molecule has 1 aromatic carbocycles. The Balaban J connectivity index is 2.26. The van der Waals surface area contributed by atoms with Gasteiger partial charge in [-0.25, -0.2) is 4.98 Å². The van der Waals surface area contributed by atoms with Crippen molar-refractivity contribution in [1.82, 2.24) is 4.98 Å². The molecule has 0 aliphatic heterocycles. The van der Waals surface area contributed by atoms with E-state index in [2.05, 4.69) is 4.98 Å². The molecule has 0 N–H and O–H groups in total. The standard InChI is InChI=1S/C13H10Cl3NO/c1-8-9(7-14)2-5-13(17-8)18-12-4-3-10(15)6-11(12)16/h2-6H,7H2,1H3. The number of alkyl halides is 1. The van der Waals surface area contributed by atoms with Crippen LogP contribution >= 0.6 is 34.8 Å². The fourth-order valence-electron chi connectivity index (χ4n) is 1.44. The summed E-state index contributed by atoms with van der Waals surface area (Å²) in [6, 6.07) is 8.68. The van der Waals surface area contributed by atoms with Gasteiger partial charge in [0.1, 0.15) is 5.75 Å². The van der Waals surface area contributed by atoms with Crippen LogP contribution in [0.2, 0.25) is 10.0 Å². The van der Waals surface area contributed by atoms with Crippen LogP contribution in [0, 0.1) is 6.92 Å². The van der Waals surface area contributed by atoms with E-state index in [1.807, 2.05) is 13.0 Å². The minimum Gasteiger partial charge on any atom is -0.437 e. The minimum absolute atomic E-state index is 0.431. The third-order valence-corrected chi connectivity index (χ3v) is 3.24. The first kappa shape index (κ1) is 13.5. The van der Waals surface area contributed by atoms with Crippen LogP contribution < -0.4 is 4.74 Å². The maximum absolute atomic E-state index is 6.02. The zero-order valence-corrected chi connectivity index (χ0v) is 11.9. The number of aryl methyl sites for hydroxylation is 1. The number of halogens is 3. The lowest BCUT2D eigenvalue weighted by molar-refractivity contribution is 0.461. The van der Waals surface area contributed by atoms with Gasteiger partial charge in [0.2, 0.25) is 5.88 Å². The van der Waals surface area contributed by atoms with Crippen LogP contribution in [-0.4, -0.2) is 4.98 Å². The van der Waals surface area contributed by atoms with Crippen LogP contribution in [0.1, 0.15) is 11.3 Å². The quantitative estimate of drug-likeness (QED) is 0.724. The van der Waals surface area contributed by atoms with E-state index in [0.29, 0.717) is 27.6 Å². The predicted molar refractivity (Wildman–Crippen MR) is 75.1 cm³/mol. The van der Waals surface area contributed by atoms with Gasteiger partial charge in [0.15, 0.2) is 0 Å². The third-order valence-electron chi connectivity index (χ3n) is 2.42. The summed E-state index contributed by atoms with van der Waals surface area (Å²) in [5.41, 5.74) is 1.82. The number of aromatic nitrogens is 1. The molecule has 18 heavy (non-hydrogen) atoms. The molecule has 0 unspecified atom stereocenters. The van der Waals surface area contributed by atoms with Crippen molar-refractivity contribution in [3.05, 3.63) is 51.6 Å². The number of nitrogens with zero attached hydrogens (tertiary/aromatic N) is 1. The summed E-state index contributed by atoms with van der Waals surface area (Å²) in [6.07, 6.45) is 0. The van der Waals surface area contributed by atoms with Crippen molar-refractivity contribution in [2.45, 2.75) is 12.8 Å². The van der Waals surface area contributed by atoms with Gasteiger partial charge in [-0.2, -0.15) is 0 Å². The molecule has 0 radical (unpaired) electrons. The summed E-state index contributed by atoms with van der Waals surface area (Å²) in [7, 11) is 0. The molecular formula is C13H10Cl3NO. The van der Waals surface area contributed by atoms with Crippen LogP contribution in [0.3, 0.4) is 0 Å². The fourth-order valence-corrected chi connectivity index (χ4v) is 2.17. The normalized spacial score (nSPS) is 10.4. The van der Waals surface area contributed by atoms with Gasteiger partial charge in [0, 0.05) is 22.7 Å². The van der Waals surface area contributed by atoms with Crippen LogP contribution in [0.5, 0.6) is 11.6 Å². The molecule has 0 fully saturated rings. The smallest absolute Gasteiger partial charge is 0.219 e. The average molecular weight is 303 g/mol. The molecule has 1 aromatic heterocycles. The third kappa shape index (κ3) is 3.08. The van der Waals surface area contributed by atoms with Gasteiger partial charge < -0.3 is 4.74 Å². The molecule has 0 aliphatic rings. The Morgan fingerprint density at radius 2 is 1.94 bits per heavy atom. The maximum Gasteiger partial charge on any atom is 0.219 e. The van der Waals surface area contributed by atoms with E-state index in [1.165, 1.54) is 0 Å². The monoisotopic (exact) mass is 301 g/mol. The molecule has 0 spiro atoms. The Labute approximate surface area is 120 Å². The van der Waals surface area contributed by atoms with Gasteiger partial charge in [-0.1, -0.05) is 29.3 Å². The van der Waals surface area contributed by atoms with Crippen LogP contribution in [0.4, 0.5) is 0 Å². The largest absolute Gasteiger partial charge is 0.437 e. The van der Waals surface area contributed by atoms with Gasteiger partial charge in [-0.05, 0) is 30.7 Å². The first-order valence-electron chi connectivity index (χ1n) is 5.25. The highest BCUT2D eigenvalue weighted by atomic mass is 35.5. The number of benzene rings is 1. The Morgan fingerprint density at radius 1 is 1.17 bits per heavy atom. The van der Waals surface area contributed by atoms with Crippen molar-refractivity contribution in [2.75, 3.05) is 0 Å². The maximum atomic E-state index is 6.02. The lowest BCUT2D eigenvalue weighted by Crippen LogP contribution is -1.94. The van der Waals surface area contributed by atoms with Gasteiger partial charge >= 0.3 is 0 Å². The summed E-state index contributed by atoms with van der Waals surface area (Å²) in [5, 5.41) is 1.01. The second kappa shape index (κ2) is 5.79. The van der Waals surface area contributed by atoms with Crippen molar-refractivity contribution in [2.24, 2.45) is 0 Å². The Morgan fingerprint density at radius 3 is 2.56 bits per heavy atom. The van der Waals surface area contributed by atoms with Crippen molar-refractivity contribution >= 4 is 34.8 Å². The van der Waals surface area contributed by atoms with E-state index >= 15 is 0 Å². The predicted octanol–water partition coefficient (Wildman–Crippen LogP) is 5.23. The first-order valence-corrected chi connectivity index (χ1v) is 6.54. The zero-order chi connectivity index (χ0) is 13.1. The molecule has 2 rings (SSSR count). The van der Waals surface area contributed by atoms with Gasteiger partial charge in [0.25, 0.3) is 0 Å². The van der Waals surface area contributed by atoms with Crippen LogP contribution in [-0.2, 0) is 5.88 Å². The van der Waals surface area contributed by atoms with Crippen molar-refractivity contribution in [3.63, 3.8) is 0 Å². The molecule has 2 nitrogen and oxygen atoms in total. The Kier molecular flexibility index (Phi) is 4.33. The second-order valence-electron chi connectivity index (χ2n) is 3.70. The number of ether oxygens (including phenoxy) is 1. The van der Waals surface area contributed by atoms with Crippen LogP contribution in [0.25, 0.3) is 0 Å². The molecule has 0 bridgehead atoms. The van der Waals surface area contributed by atoms with Crippen molar-refractivity contribution < 1.29 is 4.74 Å². The molecule has 0 atom stereocenters. The van der Waals surface area contributed by atoms with Crippen molar-refractivity contribution in [3.8, 4) is 11.6 Å². The highest BCUT2D eigenvalue weighted by molar-refractivity contribution is 6.35.